The summed E-state index contributed by atoms with van der Waals surface area (Å²) in [5.74, 6) is -3.30. The van der Waals surface area contributed by atoms with Gasteiger partial charge in [0, 0.05) is 36.5 Å². The molecule has 4 unspecified atom stereocenters. The van der Waals surface area contributed by atoms with Gasteiger partial charge in [0.05, 0.1) is 92.5 Å². The molecule has 23 nitrogen and oxygen atoms in total. The summed E-state index contributed by atoms with van der Waals surface area (Å²) >= 11 is 0. The van der Waals surface area contributed by atoms with Crippen LogP contribution in [0.5, 0.6) is 11.5 Å². The fourth-order valence-electron chi connectivity index (χ4n) is 6.25. The van der Waals surface area contributed by atoms with Gasteiger partial charge < -0.3 is 81.3 Å². The zero-order chi connectivity index (χ0) is 57.3. The van der Waals surface area contributed by atoms with Gasteiger partial charge in [0.15, 0.2) is 30.9 Å². The summed E-state index contributed by atoms with van der Waals surface area (Å²) in [7, 11) is 3.07. The first kappa shape index (κ1) is 66.5. The van der Waals surface area contributed by atoms with Gasteiger partial charge in [-0.15, -0.1) is 0 Å². The van der Waals surface area contributed by atoms with E-state index in [0.717, 1.165) is 0 Å². The number of carbonyl (C=O) groups excluding carboxylic acids is 6. The minimum absolute atomic E-state index is 0.0806. The molecule has 79 heavy (non-hydrogen) atoms. The van der Waals surface area contributed by atoms with Crippen molar-refractivity contribution < 1.29 is 110 Å². The van der Waals surface area contributed by atoms with Crippen LogP contribution in [0.25, 0.3) is 0 Å². The lowest BCUT2D eigenvalue weighted by Gasteiger charge is -2.23. The molecule has 0 aliphatic heterocycles. The van der Waals surface area contributed by atoms with E-state index in [1.165, 1.54) is 61.7 Å². The number of esters is 4. The van der Waals surface area contributed by atoms with E-state index in [2.05, 4.69) is 13.2 Å². The average molecular weight is 1110 g/mol. The first-order chi connectivity index (χ1) is 38.4. The Balaban J connectivity index is 1.64. The Morgan fingerprint density at radius 3 is 1.48 bits per heavy atom. The lowest BCUT2D eigenvalue weighted by Crippen LogP contribution is -2.37. The third kappa shape index (κ3) is 29.7. The van der Waals surface area contributed by atoms with Gasteiger partial charge in [-0.1, -0.05) is 61.7 Å². The van der Waals surface area contributed by atoms with Gasteiger partial charge in [0.25, 0.3) is 0 Å². The van der Waals surface area contributed by atoms with Crippen LogP contribution in [-0.4, -0.2) is 216 Å². The molecule has 3 aromatic rings. The van der Waals surface area contributed by atoms with E-state index in [1.807, 2.05) is 0 Å². The van der Waals surface area contributed by atoms with Crippen LogP contribution in [0.15, 0.2) is 116 Å². The van der Waals surface area contributed by atoms with Crippen molar-refractivity contribution >= 4 is 35.4 Å². The average Bonchev–Trinajstić information content (AvgIpc) is 3.46. The predicted octanol–water partition coefficient (Wildman–Crippen LogP) is 2.90. The number of methoxy groups -OCH3 is 2. The van der Waals surface area contributed by atoms with Crippen molar-refractivity contribution in [3.63, 3.8) is 0 Å². The Morgan fingerprint density at radius 1 is 0.494 bits per heavy atom. The van der Waals surface area contributed by atoms with Crippen molar-refractivity contribution in [1.82, 2.24) is 0 Å². The van der Waals surface area contributed by atoms with Crippen LogP contribution < -0.4 is 9.47 Å². The monoisotopic (exact) mass is 1110 g/mol. The highest BCUT2D eigenvalue weighted by Gasteiger charge is 2.24. The molecule has 4 atom stereocenters. The highest BCUT2D eigenvalue weighted by atomic mass is 16.6. The minimum Gasteiger partial charge on any atom is -0.482 e. The highest BCUT2D eigenvalue weighted by molar-refractivity contribution is 6.10. The fourth-order valence-corrected chi connectivity index (χ4v) is 6.25. The quantitative estimate of drug-likeness (QED) is 0.0205. The molecule has 0 amide bonds. The number of hydrogen-bond acceptors (Lipinski definition) is 23. The van der Waals surface area contributed by atoms with Crippen LogP contribution in [0.3, 0.4) is 0 Å². The predicted molar refractivity (Wildman–Crippen MR) is 280 cm³/mol. The molecule has 0 fully saturated rings. The maximum absolute atomic E-state index is 13.2. The largest absolute Gasteiger partial charge is 0.482 e. The molecule has 0 spiro atoms. The number of ether oxygens (including phenoxy) is 15. The second kappa shape index (κ2) is 41.3. The van der Waals surface area contributed by atoms with E-state index in [0.29, 0.717) is 48.7 Å². The van der Waals surface area contributed by atoms with E-state index in [-0.39, 0.29) is 69.3 Å². The Morgan fingerprint density at radius 2 is 0.962 bits per heavy atom. The zero-order valence-electron chi connectivity index (χ0n) is 44.6. The number of aliphatic hydroxyl groups excluding tert-OH is 2. The van der Waals surface area contributed by atoms with E-state index in [9.17, 15) is 39.0 Å². The highest BCUT2D eigenvalue weighted by Crippen LogP contribution is 2.18. The van der Waals surface area contributed by atoms with Crippen molar-refractivity contribution in [2.24, 2.45) is 0 Å². The summed E-state index contributed by atoms with van der Waals surface area (Å²) in [5.41, 5.74) is 1.55. The fraction of sp³-hybridized carbons (Fsp3) is 0.464. The van der Waals surface area contributed by atoms with Crippen LogP contribution in [0.1, 0.15) is 26.3 Å². The maximum Gasteiger partial charge on any atom is 0.344 e. The van der Waals surface area contributed by atoms with Crippen molar-refractivity contribution in [3.8, 4) is 11.5 Å². The molecule has 0 aromatic heterocycles. The second-order valence-electron chi connectivity index (χ2n) is 16.5. The molecule has 3 aromatic carbocycles. The number of Topliss-reactive ketones (excluding diaryl/α,β-unsaturated/α-hetero) is 1. The Kier molecular flexibility index (Phi) is 34.8. The molecule has 0 saturated heterocycles. The summed E-state index contributed by atoms with van der Waals surface area (Å²) in [4.78, 5) is 76.7. The molecule has 0 bridgehead atoms. The topological polar surface area (TPSA) is 281 Å². The maximum atomic E-state index is 13.2. The van der Waals surface area contributed by atoms with Crippen LogP contribution >= 0.6 is 0 Å². The van der Waals surface area contributed by atoms with Crippen LogP contribution in [0, 0.1) is 0 Å². The van der Waals surface area contributed by atoms with Crippen molar-refractivity contribution in [2.75, 3.05) is 146 Å². The number of rotatable bonds is 46. The van der Waals surface area contributed by atoms with Gasteiger partial charge in [-0.05, 0) is 48.5 Å². The number of hydrogen-bond donors (Lipinski definition) is 2. The zero-order valence-corrected chi connectivity index (χ0v) is 44.6. The molecule has 434 valence electrons. The lowest BCUT2D eigenvalue weighted by molar-refractivity contribution is -0.171. The van der Waals surface area contributed by atoms with Gasteiger partial charge in [-0.3, -0.25) is 9.59 Å². The third-order valence-electron chi connectivity index (χ3n) is 10.2. The standard InChI is InChI=1S/C56H72O23/c1-5-10-41(6-2)55(63)43-13-17-46(18-14-43)74-39-53(61)78-49(35-73-48(29-57)32-71-30-45(58)31-76-51(59)37-69-27-25-67-23-21-65-3)33-72-34-50(36-77-52(60)38-70-28-26-68-24-22-66-4)79-54(62)40-75-47-19-15-44(16-20-47)56(64)42-11-8-7-9-12-42/h5-20,45,48-50,57-58H,1-2,21-40H2,3-4H3/b41-10+. The van der Waals surface area contributed by atoms with E-state index < -0.39 is 108 Å². The van der Waals surface area contributed by atoms with E-state index >= 15 is 0 Å². The Labute approximate surface area is 459 Å². The number of aliphatic hydroxyl groups is 2. The van der Waals surface area contributed by atoms with Gasteiger partial charge >= 0.3 is 23.9 Å². The summed E-state index contributed by atoms with van der Waals surface area (Å²) in [6.07, 6.45) is -0.330. The summed E-state index contributed by atoms with van der Waals surface area (Å²) in [5, 5.41) is 20.4. The number of allylic oxidation sites excluding steroid dienone is 4. The normalized spacial score (nSPS) is 12.8. The molecule has 0 radical (unpaired) electrons. The molecular formula is C56H72O23. The Hall–Kier alpha value is -6.74. The summed E-state index contributed by atoms with van der Waals surface area (Å²) in [6.45, 7) is 4.14. The van der Waals surface area contributed by atoms with Gasteiger partial charge in [-0.2, -0.15) is 0 Å². The number of benzene rings is 3. The molecule has 0 aliphatic carbocycles. The third-order valence-corrected chi connectivity index (χ3v) is 10.2. The van der Waals surface area contributed by atoms with Gasteiger partial charge in [0.2, 0.25) is 0 Å². The molecule has 0 saturated carbocycles. The molecular weight excluding hydrogens is 1040 g/mol. The van der Waals surface area contributed by atoms with Crippen molar-refractivity contribution in [3.05, 3.63) is 133 Å². The molecule has 2 N–H and O–H groups in total. The molecule has 0 aliphatic rings. The number of ketones is 2. The molecule has 3 rings (SSSR count). The smallest absolute Gasteiger partial charge is 0.344 e. The number of carbonyl (C=O) groups is 6. The Bertz CT molecular complexity index is 2270. The van der Waals surface area contributed by atoms with Gasteiger partial charge in [0.1, 0.15) is 56.2 Å². The molecule has 0 heterocycles. The van der Waals surface area contributed by atoms with E-state index in [4.69, 9.17) is 71.1 Å². The SMILES string of the molecule is C=C/C=C(\C=C)C(=O)c1ccc(OCC(=O)OC(COCC(COC(=O)COCCOCCOC)OC(=O)COc2ccc(C(=O)c3ccccc3)cc2)COC(CO)COCC(O)COC(=O)COCCOCCOC)cc1. The molecule has 23 heteroatoms. The van der Waals surface area contributed by atoms with Crippen LogP contribution in [0.2, 0.25) is 0 Å². The lowest BCUT2D eigenvalue weighted by atomic mass is 10.0. The second-order valence-corrected chi connectivity index (χ2v) is 16.5. The van der Waals surface area contributed by atoms with E-state index in [1.54, 1.807) is 49.6 Å². The van der Waals surface area contributed by atoms with Crippen molar-refractivity contribution in [1.29, 1.82) is 0 Å². The summed E-state index contributed by atoms with van der Waals surface area (Å²) in [6, 6.07) is 20.8. The van der Waals surface area contributed by atoms with Crippen LogP contribution in [0.4, 0.5) is 0 Å². The summed E-state index contributed by atoms with van der Waals surface area (Å²) < 4.78 is 80.8. The van der Waals surface area contributed by atoms with Crippen molar-refractivity contribution in [2.45, 2.75) is 24.4 Å². The first-order valence-corrected chi connectivity index (χ1v) is 25.0. The van der Waals surface area contributed by atoms with Gasteiger partial charge in [-0.25, -0.2) is 19.2 Å². The van der Waals surface area contributed by atoms with Crippen LogP contribution in [-0.2, 0) is 80.8 Å². The first-order valence-electron chi connectivity index (χ1n) is 25.0. The minimum atomic E-state index is -1.24.